The quantitative estimate of drug-likeness (QED) is 0.829. The standard InChI is InChI=1S/C12H12N2O4/c15-12(16)8-11-13-10(14-18-11)6-7-17-9-4-2-1-3-5-9/h1-5H,6-8H2,(H,15,16). The van der Waals surface area contributed by atoms with Gasteiger partial charge in [0.05, 0.1) is 6.61 Å². The van der Waals surface area contributed by atoms with E-state index in [-0.39, 0.29) is 12.3 Å². The van der Waals surface area contributed by atoms with Crippen molar-refractivity contribution in [1.82, 2.24) is 10.1 Å². The van der Waals surface area contributed by atoms with E-state index in [0.29, 0.717) is 18.9 Å². The maximum Gasteiger partial charge on any atom is 0.312 e. The van der Waals surface area contributed by atoms with E-state index >= 15 is 0 Å². The van der Waals surface area contributed by atoms with Gasteiger partial charge >= 0.3 is 5.97 Å². The van der Waals surface area contributed by atoms with Gasteiger partial charge < -0.3 is 14.4 Å². The molecular weight excluding hydrogens is 236 g/mol. The molecule has 1 aromatic carbocycles. The number of nitrogens with zero attached hydrogens (tertiary/aromatic N) is 2. The minimum Gasteiger partial charge on any atom is -0.493 e. The first-order valence-corrected chi connectivity index (χ1v) is 5.45. The smallest absolute Gasteiger partial charge is 0.312 e. The fraction of sp³-hybridized carbons (Fsp3) is 0.250. The molecule has 0 unspecified atom stereocenters. The summed E-state index contributed by atoms with van der Waals surface area (Å²) < 4.78 is 10.2. The van der Waals surface area contributed by atoms with Crippen LogP contribution in [0, 0.1) is 0 Å². The van der Waals surface area contributed by atoms with Crippen LogP contribution in [0.15, 0.2) is 34.9 Å². The highest BCUT2D eigenvalue weighted by Gasteiger charge is 2.09. The number of aromatic nitrogens is 2. The van der Waals surface area contributed by atoms with Crippen LogP contribution in [0.25, 0.3) is 0 Å². The summed E-state index contributed by atoms with van der Waals surface area (Å²) >= 11 is 0. The Morgan fingerprint density at radius 3 is 2.83 bits per heavy atom. The SMILES string of the molecule is O=C(O)Cc1nc(CCOc2ccccc2)no1. The van der Waals surface area contributed by atoms with E-state index in [1.54, 1.807) is 0 Å². The topological polar surface area (TPSA) is 85.5 Å². The third-order valence-corrected chi connectivity index (χ3v) is 2.15. The van der Waals surface area contributed by atoms with Gasteiger partial charge in [-0.15, -0.1) is 0 Å². The Labute approximate surface area is 103 Å². The average molecular weight is 248 g/mol. The summed E-state index contributed by atoms with van der Waals surface area (Å²) in [6.07, 6.45) is 0.213. The van der Waals surface area contributed by atoms with Crippen LogP contribution in [0.2, 0.25) is 0 Å². The summed E-state index contributed by atoms with van der Waals surface area (Å²) in [5, 5.41) is 12.2. The lowest BCUT2D eigenvalue weighted by Crippen LogP contribution is -2.03. The van der Waals surface area contributed by atoms with Gasteiger partial charge in [0.15, 0.2) is 5.82 Å². The number of aliphatic carboxylic acids is 1. The highest BCUT2D eigenvalue weighted by atomic mass is 16.5. The van der Waals surface area contributed by atoms with E-state index in [1.165, 1.54) is 0 Å². The fourth-order valence-corrected chi connectivity index (χ4v) is 1.37. The van der Waals surface area contributed by atoms with E-state index in [0.717, 1.165) is 5.75 Å². The lowest BCUT2D eigenvalue weighted by atomic mass is 10.3. The Bertz CT molecular complexity index is 510. The highest BCUT2D eigenvalue weighted by Crippen LogP contribution is 2.08. The largest absolute Gasteiger partial charge is 0.493 e. The summed E-state index contributed by atoms with van der Waals surface area (Å²) in [6.45, 7) is 0.413. The maximum absolute atomic E-state index is 10.4. The van der Waals surface area contributed by atoms with Crippen LogP contribution in [0.5, 0.6) is 5.75 Å². The van der Waals surface area contributed by atoms with Crippen LogP contribution >= 0.6 is 0 Å². The molecule has 0 fully saturated rings. The van der Waals surface area contributed by atoms with Crippen molar-refractivity contribution in [2.45, 2.75) is 12.8 Å². The van der Waals surface area contributed by atoms with Crippen LogP contribution in [-0.2, 0) is 17.6 Å². The van der Waals surface area contributed by atoms with E-state index < -0.39 is 5.97 Å². The monoisotopic (exact) mass is 248 g/mol. The van der Waals surface area contributed by atoms with Crippen molar-refractivity contribution in [3.8, 4) is 5.75 Å². The summed E-state index contributed by atoms with van der Waals surface area (Å²) in [5.74, 6) is 0.330. The van der Waals surface area contributed by atoms with Gasteiger partial charge in [-0.25, -0.2) is 0 Å². The molecule has 0 atom stereocenters. The number of carbonyl (C=O) groups is 1. The molecule has 0 amide bonds. The van der Waals surface area contributed by atoms with Gasteiger partial charge in [-0.3, -0.25) is 4.79 Å². The van der Waals surface area contributed by atoms with Crippen molar-refractivity contribution in [2.24, 2.45) is 0 Å². The van der Waals surface area contributed by atoms with Crippen LogP contribution in [0.1, 0.15) is 11.7 Å². The Hall–Kier alpha value is -2.37. The predicted octanol–water partition coefficient (Wildman–Crippen LogP) is 1.32. The van der Waals surface area contributed by atoms with Gasteiger partial charge in [-0.2, -0.15) is 4.98 Å². The van der Waals surface area contributed by atoms with Crippen molar-refractivity contribution < 1.29 is 19.2 Å². The third-order valence-electron chi connectivity index (χ3n) is 2.15. The molecule has 0 aliphatic carbocycles. The minimum absolute atomic E-state index is 0.109. The number of benzene rings is 1. The Kier molecular flexibility index (Phi) is 3.90. The highest BCUT2D eigenvalue weighted by molar-refractivity contribution is 5.68. The molecule has 2 aromatic rings. The van der Waals surface area contributed by atoms with Crippen molar-refractivity contribution >= 4 is 5.97 Å². The molecule has 1 heterocycles. The Morgan fingerprint density at radius 1 is 1.33 bits per heavy atom. The van der Waals surface area contributed by atoms with Crippen molar-refractivity contribution in [3.63, 3.8) is 0 Å². The van der Waals surface area contributed by atoms with Gasteiger partial charge in [-0.1, -0.05) is 23.4 Å². The van der Waals surface area contributed by atoms with Crippen LogP contribution < -0.4 is 4.74 Å². The number of hydrogen-bond donors (Lipinski definition) is 1. The molecule has 18 heavy (non-hydrogen) atoms. The zero-order valence-corrected chi connectivity index (χ0v) is 9.57. The average Bonchev–Trinajstić information content (AvgIpc) is 2.77. The zero-order valence-electron chi connectivity index (χ0n) is 9.57. The molecule has 0 saturated carbocycles. The molecular formula is C12H12N2O4. The summed E-state index contributed by atoms with van der Waals surface area (Å²) in [7, 11) is 0. The second kappa shape index (κ2) is 5.81. The minimum atomic E-state index is -0.995. The fourth-order valence-electron chi connectivity index (χ4n) is 1.37. The molecule has 0 radical (unpaired) electrons. The van der Waals surface area contributed by atoms with E-state index in [9.17, 15) is 4.79 Å². The maximum atomic E-state index is 10.4. The van der Waals surface area contributed by atoms with Gasteiger partial charge in [0, 0.05) is 6.42 Å². The molecule has 94 valence electrons. The zero-order chi connectivity index (χ0) is 12.8. The first kappa shape index (κ1) is 12.1. The number of carboxylic acid groups (broad SMARTS) is 1. The molecule has 0 aliphatic rings. The Morgan fingerprint density at radius 2 is 2.11 bits per heavy atom. The third kappa shape index (κ3) is 3.58. The van der Waals surface area contributed by atoms with Gasteiger partial charge in [-0.05, 0) is 12.1 Å². The molecule has 6 heteroatoms. The second-order valence-electron chi connectivity index (χ2n) is 3.59. The molecule has 2 rings (SSSR count). The van der Waals surface area contributed by atoms with E-state index in [1.807, 2.05) is 30.3 Å². The summed E-state index contributed by atoms with van der Waals surface area (Å²) in [4.78, 5) is 14.4. The van der Waals surface area contributed by atoms with Gasteiger partial charge in [0.25, 0.3) is 0 Å². The molecule has 0 spiro atoms. The van der Waals surface area contributed by atoms with Crippen LogP contribution in [0.3, 0.4) is 0 Å². The van der Waals surface area contributed by atoms with Crippen molar-refractivity contribution in [3.05, 3.63) is 42.0 Å². The van der Waals surface area contributed by atoms with Crippen molar-refractivity contribution in [2.75, 3.05) is 6.61 Å². The normalized spacial score (nSPS) is 10.2. The number of hydrogen-bond acceptors (Lipinski definition) is 5. The molecule has 6 nitrogen and oxygen atoms in total. The second-order valence-corrected chi connectivity index (χ2v) is 3.59. The number of carboxylic acids is 1. The molecule has 1 N–H and O–H groups in total. The van der Waals surface area contributed by atoms with Crippen molar-refractivity contribution in [1.29, 1.82) is 0 Å². The molecule has 0 aliphatic heterocycles. The number of rotatable bonds is 6. The number of para-hydroxylation sites is 1. The summed E-state index contributed by atoms with van der Waals surface area (Å²) in [5.41, 5.74) is 0. The first-order chi connectivity index (χ1) is 8.74. The lowest BCUT2D eigenvalue weighted by Gasteiger charge is -2.02. The van der Waals surface area contributed by atoms with Gasteiger partial charge in [0.2, 0.25) is 5.89 Å². The summed E-state index contributed by atoms with van der Waals surface area (Å²) in [6, 6.07) is 9.38. The van der Waals surface area contributed by atoms with Gasteiger partial charge in [0.1, 0.15) is 12.2 Å². The van der Waals surface area contributed by atoms with E-state index in [4.69, 9.17) is 14.4 Å². The van der Waals surface area contributed by atoms with E-state index in [2.05, 4.69) is 10.1 Å². The molecule has 1 aromatic heterocycles. The first-order valence-electron chi connectivity index (χ1n) is 5.45. The van der Waals surface area contributed by atoms with Crippen LogP contribution in [0.4, 0.5) is 0 Å². The number of ether oxygens (including phenoxy) is 1. The Balaban J connectivity index is 1.80. The molecule has 0 bridgehead atoms. The predicted molar refractivity (Wildman–Crippen MR) is 61.3 cm³/mol. The lowest BCUT2D eigenvalue weighted by molar-refractivity contribution is -0.136. The van der Waals surface area contributed by atoms with Crippen LogP contribution in [-0.4, -0.2) is 27.8 Å². The molecule has 0 saturated heterocycles.